The third-order valence-electron chi connectivity index (χ3n) is 9.08. The second kappa shape index (κ2) is 15.2. The first kappa shape index (κ1) is 38.6. The number of H-pyrrole nitrogens is 1. The van der Waals surface area contributed by atoms with Gasteiger partial charge in [-0.15, -0.1) is 0 Å². The Hall–Kier alpha value is -5.60. The molecule has 1 aliphatic carbocycles. The Bertz CT molecular complexity index is 2040. The molecule has 4 N–H and O–H groups in total. The van der Waals surface area contributed by atoms with Gasteiger partial charge < -0.3 is 25.2 Å². The Balaban J connectivity index is 0.000000330. The lowest BCUT2D eigenvalue weighted by Gasteiger charge is -2.32. The van der Waals surface area contributed by atoms with Crippen LogP contribution >= 0.6 is 0 Å². The zero-order valence-corrected chi connectivity index (χ0v) is 28.2. The zero-order chi connectivity index (χ0) is 38.7. The summed E-state index contributed by atoms with van der Waals surface area (Å²) in [5.74, 6) is 1.97. The Morgan fingerprint density at radius 1 is 0.925 bits per heavy atom. The molecule has 11 nitrogen and oxygen atoms in total. The van der Waals surface area contributed by atoms with Crippen molar-refractivity contribution in [1.29, 1.82) is 0 Å². The molecule has 2 atom stereocenters. The van der Waals surface area contributed by atoms with Gasteiger partial charge in [-0.05, 0) is 78.5 Å². The van der Waals surface area contributed by atoms with Crippen LogP contribution < -0.4 is 10.1 Å². The van der Waals surface area contributed by atoms with Crippen LogP contribution in [0, 0.1) is 11.8 Å². The maximum atomic E-state index is 13.0. The molecule has 3 aromatic carbocycles. The first-order valence-corrected chi connectivity index (χ1v) is 16.0. The molecule has 7 rings (SSSR count). The van der Waals surface area contributed by atoms with E-state index in [-0.39, 0.29) is 11.8 Å². The predicted octanol–water partition coefficient (Wildman–Crippen LogP) is 5.36. The van der Waals surface area contributed by atoms with Gasteiger partial charge in [0.15, 0.2) is 0 Å². The topological polar surface area (TPSA) is 148 Å². The standard InChI is InChI=1S/C32H31N5O2.2C2HF3O2/c1-36-13-15-37(16-14-36)20-22-5-3-21(4-6-22)7-11-28-25-10-8-23(17-30(25)35-34-28)27-19-32(27)26-18-24(39-2)9-12-29(26)33-31(32)38;2*3-2(4,5)1(6)7/h3-6,8-10,12,17-18,27H,13-16,19-20H2,1-2H3,(H,33,38)(H,34,35);2*(H,6,7). The first-order valence-electron chi connectivity index (χ1n) is 16.0. The van der Waals surface area contributed by atoms with E-state index in [4.69, 9.17) is 24.5 Å². The Kier molecular flexibility index (Phi) is 11.1. The molecule has 2 fully saturated rings. The highest BCUT2D eigenvalue weighted by molar-refractivity contribution is 6.10. The lowest BCUT2D eigenvalue weighted by Crippen LogP contribution is -2.43. The molecule has 17 heteroatoms. The van der Waals surface area contributed by atoms with E-state index in [0.29, 0.717) is 0 Å². The summed E-state index contributed by atoms with van der Waals surface area (Å²) in [4.78, 5) is 35.7. The van der Waals surface area contributed by atoms with Gasteiger partial charge in [0.1, 0.15) is 11.4 Å². The van der Waals surface area contributed by atoms with Gasteiger partial charge in [0.05, 0.1) is 18.0 Å². The number of alkyl halides is 6. The van der Waals surface area contributed by atoms with Crippen LogP contribution in [0.15, 0.2) is 60.7 Å². The number of carboxylic acid groups (broad SMARTS) is 2. The number of aromatic nitrogens is 2. The normalized spacial score (nSPS) is 19.5. The van der Waals surface area contributed by atoms with Crippen molar-refractivity contribution in [1.82, 2.24) is 20.0 Å². The van der Waals surface area contributed by atoms with Crippen molar-refractivity contribution in [2.75, 3.05) is 45.7 Å². The van der Waals surface area contributed by atoms with E-state index in [9.17, 15) is 31.1 Å². The molecule has 3 aliphatic rings. The highest BCUT2D eigenvalue weighted by Crippen LogP contribution is 2.65. The minimum Gasteiger partial charge on any atom is -0.497 e. The van der Waals surface area contributed by atoms with Gasteiger partial charge in [-0.25, -0.2) is 9.59 Å². The fourth-order valence-corrected chi connectivity index (χ4v) is 6.14. The van der Waals surface area contributed by atoms with E-state index in [1.165, 1.54) is 5.56 Å². The molecule has 280 valence electrons. The van der Waals surface area contributed by atoms with E-state index in [1.807, 2.05) is 18.2 Å². The summed E-state index contributed by atoms with van der Waals surface area (Å²) in [6, 6.07) is 20.7. The monoisotopic (exact) mass is 745 g/mol. The van der Waals surface area contributed by atoms with Crippen LogP contribution in [0.3, 0.4) is 0 Å². The van der Waals surface area contributed by atoms with E-state index >= 15 is 0 Å². The number of benzene rings is 3. The quantitative estimate of drug-likeness (QED) is 0.160. The number of anilines is 1. The number of ether oxygens (including phenoxy) is 1. The molecule has 0 radical (unpaired) electrons. The van der Waals surface area contributed by atoms with E-state index in [1.54, 1.807) is 7.11 Å². The van der Waals surface area contributed by atoms with E-state index < -0.39 is 29.7 Å². The number of aliphatic carboxylic acids is 2. The number of methoxy groups -OCH3 is 1. The minimum absolute atomic E-state index is 0.0709. The summed E-state index contributed by atoms with van der Waals surface area (Å²) in [7, 11) is 3.84. The molecule has 2 aliphatic heterocycles. The zero-order valence-electron chi connectivity index (χ0n) is 28.2. The van der Waals surface area contributed by atoms with Crippen LogP contribution in [-0.4, -0.2) is 101 Å². The number of nitrogens with one attached hydrogen (secondary N) is 2. The average molecular weight is 746 g/mol. The van der Waals surface area contributed by atoms with Crippen molar-refractivity contribution in [3.63, 3.8) is 0 Å². The van der Waals surface area contributed by atoms with Crippen LogP contribution in [0.5, 0.6) is 5.75 Å². The van der Waals surface area contributed by atoms with Gasteiger partial charge in [0, 0.05) is 55.3 Å². The fourth-order valence-electron chi connectivity index (χ4n) is 6.14. The summed E-state index contributed by atoms with van der Waals surface area (Å²) >= 11 is 0. The van der Waals surface area contributed by atoms with Gasteiger partial charge >= 0.3 is 24.3 Å². The van der Waals surface area contributed by atoms with Crippen molar-refractivity contribution in [3.8, 4) is 17.6 Å². The average Bonchev–Trinajstić information content (AvgIpc) is 3.65. The molecular weight excluding hydrogens is 712 g/mol. The van der Waals surface area contributed by atoms with Gasteiger partial charge in [0.2, 0.25) is 5.91 Å². The van der Waals surface area contributed by atoms with Crippen molar-refractivity contribution in [2.45, 2.75) is 36.7 Å². The van der Waals surface area contributed by atoms with Gasteiger partial charge in [0.25, 0.3) is 0 Å². The number of carbonyl (C=O) groups excluding carboxylic acids is 1. The Labute approximate surface area is 298 Å². The molecule has 0 bridgehead atoms. The molecule has 1 aromatic heterocycles. The number of fused-ring (bicyclic) bond motifs is 3. The number of halogens is 6. The molecule has 1 amide bonds. The molecular formula is C36H33F6N5O6. The van der Waals surface area contributed by atoms with E-state index in [0.717, 1.165) is 83.9 Å². The molecule has 3 heterocycles. The third-order valence-corrected chi connectivity index (χ3v) is 9.08. The number of carbonyl (C=O) groups is 3. The molecule has 2 unspecified atom stereocenters. The van der Waals surface area contributed by atoms with Crippen LogP contribution in [-0.2, 0) is 26.3 Å². The second-order valence-electron chi connectivity index (χ2n) is 12.6. The molecule has 53 heavy (non-hydrogen) atoms. The number of hydrogen-bond donors (Lipinski definition) is 4. The van der Waals surface area contributed by atoms with Gasteiger partial charge in [-0.1, -0.05) is 24.1 Å². The Morgan fingerprint density at radius 3 is 2.13 bits per heavy atom. The Morgan fingerprint density at radius 2 is 1.55 bits per heavy atom. The summed E-state index contributed by atoms with van der Waals surface area (Å²) in [6.07, 6.45) is -9.38. The van der Waals surface area contributed by atoms with Gasteiger partial charge in [-0.2, -0.15) is 31.4 Å². The van der Waals surface area contributed by atoms with Crippen LogP contribution in [0.4, 0.5) is 32.0 Å². The predicted molar refractivity (Wildman–Crippen MR) is 179 cm³/mol. The first-order chi connectivity index (χ1) is 24.9. The fraction of sp³-hybridized carbons (Fsp3) is 0.333. The number of carboxylic acids is 2. The van der Waals surface area contributed by atoms with Crippen LogP contribution in [0.1, 0.15) is 40.3 Å². The number of piperazine rings is 1. The van der Waals surface area contributed by atoms with Crippen LogP contribution in [0.25, 0.3) is 10.9 Å². The molecule has 1 saturated carbocycles. The largest absolute Gasteiger partial charge is 0.497 e. The summed E-state index contributed by atoms with van der Waals surface area (Å²) in [6.45, 7) is 5.47. The lowest BCUT2D eigenvalue weighted by atomic mass is 9.91. The maximum Gasteiger partial charge on any atom is 0.490 e. The maximum absolute atomic E-state index is 13.0. The number of amides is 1. The summed E-state index contributed by atoms with van der Waals surface area (Å²) < 4.78 is 68.9. The summed E-state index contributed by atoms with van der Waals surface area (Å²) in [5, 5.41) is 25.9. The molecule has 4 aromatic rings. The number of rotatable bonds is 4. The molecule has 1 saturated heterocycles. The number of likely N-dealkylation sites (N-methyl/N-ethyl adjacent to an activating group) is 1. The van der Waals surface area contributed by atoms with Crippen molar-refractivity contribution >= 4 is 34.4 Å². The number of hydrogen-bond acceptors (Lipinski definition) is 7. The second-order valence-corrected chi connectivity index (χ2v) is 12.6. The highest BCUT2D eigenvalue weighted by atomic mass is 19.4. The minimum atomic E-state index is -5.08. The third kappa shape index (κ3) is 8.90. The van der Waals surface area contributed by atoms with Crippen molar-refractivity contribution < 1.29 is 55.7 Å². The SMILES string of the molecule is COc1ccc2c(c1)C1(CC1c1ccc3c(C#Cc4ccc(CN5CCN(C)CC5)cc4)n[nH]c3c1)C(=O)N2.O=C(O)C(F)(F)F.O=C(O)C(F)(F)F. The van der Waals surface area contributed by atoms with E-state index in [2.05, 4.69) is 86.7 Å². The van der Waals surface area contributed by atoms with Crippen molar-refractivity contribution in [2.24, 2.45) is 0 Å². The number of aromatic amines is 1. The smallest absolute Gasteiger partial charge is 0.490 e. The summed E-state index contributed by atoms with van der Waals surface area (Å²) in [5.41, 5.74) is 6.49. The van der Waals surface area contributed by atoms with Crippen molar-refractivity contribution in [3.05, 3.63) is 88.6 Å². The highest BCUT2D eigenvalue weighted by Gasteiger charge is 2.65. The lowest BCUT2D eigenvalue weighted by molar-refractivity contribution is -0.193. The van der Waals surface area contributed by atoms with Gasteiger partial charge in [-0.3, -0.25) is 14.8 Å². The van der Waals surface area contributed by atoms with Crippen LogP contribution in [0.2, 0.25) is 0 Å². The molecule has 1 spiro atoms. The number of nitrogens with zero attached hydrogens (tertiary/aromatic N) is 3.